The van der Waals surface area contributed by atoms with E-state index in [1.165, 1.54) is 0 Å². The van der Waals surface area contributed by atoms with Gasteiger partial charge in [0.2, 0.25) is 0 Å². The smallest absolute Gasteiger partial charge is 0.143 e. The Kier molecular flexibility index (Phi) is 1.33. The van der Waals surface area contributed by atoms with Gasteiger partial charge in [-0.05, 0) is 25.5 Å². The number of aromatic nitrogens is 2. The first-order chi connectivity index (χ1) is 5.70. The first kappa shape index (κ1) is 7.16. The average molecular weight is 162 g/mol. The monoisotopic (exact) mass is 162 g/mol. The van der Waals surface area contributed by atoms with Crippen LogP contribution in [0, 0.1) is 13.8 Å². The van der Waals surface area contributed by atoms with Crippen LogP contribution in [0.4, 0.5) is 0 Å². The van der Waals surface area contributed by atoms with Crippen molar-refractivity contribution in [3.63, 3.8) is 0 Å². The van der Waals surface area contributed by atoms with Crippen LogP contribution in [-0.4, -0.2) is 15.3 Å². The quantitative estimate of drug-likeness (QED) is 0.621. The van der Waals surface area contributed by atoms with Gasteiger partial charge < -0.3 is 5.11 Å². The Bertz CT molecular complexity index is 431. The number of fused-ring (bicyclic) bond motifs is 1. The molecule has 62 valence electrons. The fourth-order valence-corrected chi connectivity index (χ4v) is 1.46. The van der Waals surface area contributed by atoms with Gasteiger partial charge in [0, 0.05) is 11.1 Å². The fraction of sp³-hybridized carbons (Fsp3) is 0.222. The van der Waals surface area contributed by atoms with Crippen molar-refractivity contribution in [3.8, 4) is 5.75 Å². The Morgan fingerprint density at radius 1 is 1.33 bits per heavy atom. The minimum absolute atomic E-state index is 0.236. The summed E-state index contributed by atoms with van der Waals surface area (Å²) in [6, 6.07) is 3.55. The topological polar surface area (TPSA) is 48.9 Å². The minimum atomic E-state index is 0.236. The summed E-state index contributed by atoms with van der Waals surface area (Å²) in [5.74, 6) is 0.236. The lowest BCUT2D eigenvalue weighted by molar-refractivity contribution is 0.480. The molecule has 1 aromatic carbocycles. The Labute approximate surface area is 70.0 Å². The predicted molar refractivity (Wildman–Crippen MR) is 47.2 cm³/mol. The van der Waals surface area contributed by atoms with Crippen molar-refractivity contribution in [2.75, 3.05) is 0 Å². The molecule has 0 bridgehead atoms. The summed E-state index contributed by atoms with van der Waals surface area (Å²) in [5.41, 5.74) is 2.79. The number of phenols is 1. The summed E-state index contributed by atoms with van der Waals surface area (Å²) >= 11 is 0. The molecule has 2 N–H and O–H groups in total. The van der Waals surface area contributed by atoms with Gasteiger partial charge >= 0.3 is 0 Å². The Morgan fingerprint density at radius 2 is 2.08 bits per heavy atom. The van der Waals surface area contributed by atoms with Gasteiger partial charge in [-0.1, -0.05) is 6.07 Å². The van der Waals surface area contributed by atoms with Gasteiger partial charge in [0.25, 0.3) is 0 Å². The van der Waals surface area contributed by atoms with Gasteiger partial charge in [-0.15, -0.1) is 0 Å². The van der Waals surface area contributed by atoms with Crippen LogP contribution >= 0.6 is 0 Å². The van der Waals surface area contributed by atoms with Crippen molar-refractivity contribution in [1.82, 2.24) is 10.2 Å². The molecule has 0 aliphatic heterocycles. The molecule has 12 heavy (non-hydrogen) atoms. The lowest BCUT2D eigenvalue weighted by atomic mass is 10.1. The van der Waals surface area contributed by atoms with Crippen LogP contribution in [0.25, 0.3) is 10.9 Å². The molecule has 3 heteroatoms. The number of aromatic hydroxyl groups is 1. The maximum absolute atomic E-state index is 9.43. The van der Waals surface area contributed by atoms with E-state index in [1.54, 1.807) is 6.07 Å². The fourth-order valence-electron chi connectivity index (χ4n) is 1.46. The number of hydrogen-bond donors (Lipinski definition) is 2. The summed E-state index contributed by atoms with van der Waals surface area (Å²) in [7, 11) is 0. The minimum Gasteiger partial charge on any atom is -0.506 e. The zero-order valence-electron chi connectivity index (χ0n) is 7.05. The number of aromatic amines is 1. The summed E-state index contributed by atoms with van der Waals surface area (Å²) in [4.78, 5) is 0. The SMILES string of the molecule is Cc1ccc(O)c2n[nH]c(C)c12. The van der Waals surface area contributed by atoms with Crippen LogP contribution in [-0.2, 0) is 0 Å². The Balaban J connectivity index is 2.98. The Hall–Kier alpha value is -1.51. The largest absolute Gasteiger partial charge is 0.506 e. The molecular formula is C9H10N2O. The summed E-state index contributed by atoms with van der Waals surface area (Å²) in [6.07, 6.45) is 0. The summed E-state index contributed by atoms with van der Waals surface area (Å²) in [6.45, 7) is 3.95. The average Bonchev–Trinajstić information content (AvgIpc) is 2.42. The van der Waals surface area contributed by atoms with Crippen LogP contribution in [0.1, 0.15) is 11.3 Å². The molecule has 0 fully saturated rings. The third-order valence-electron chi connectivity index (χ3n) is 2.08. The molecule has 2 aromatic rings. The summed E-state index contributed by atoms with van der Waals surface area (Å²) in [5, 5.41) is 17.3. The van der Waals surface area contributed by atoms with Crippen LogP contribution in [0.3, 0.4) is 0 Å². The molecule has 0 aliphatic rings. The molecule has 0 unspecified atom stereocenters. The van der Waals surface area contributed by atoms with E-state index in [0.717, 1.165) is 16.6 Å². The number of nitrogens with zero attached hydrogens (tertiary/aromatic N) is 1. The highest BCUT2D eigenvalue weighted by molar-refractivity contribution is 5.89. The predicted octanol–water partition coefficient (Wildman–Crippen LogP) is 1.89. The number of H-pyrrole nitrogens is 1. The molecule has 2 rings (SSSR count). The van der Waals surface area contributed by atoms with Gasteiger partial charge in [0.1, 0.15) is 11.3 Å². The van der Waals surface area contributed by atoms with Crippen LogP contribution in [0.2, 0.25) is 0 Å². The maximum Gasteiger partial charge on any atom is 0.143 e. The second kappa shape index (κ2) is 2.24. The highest BCUT2D eigenvalue weighted by atomic mass is 16.3. The zero-order chi connectivity index (χ0) is 8.72. The number of aryl methyl sites for hydroxylation is 2. The van der Waals surface area contributed by atoms with Gasteiger partial charge in [-0.25, -0.2) is 0 Å². The number of rotatable bonds is 0. The van der Waals surface area contributed by atoms with E-state index in [0.29, 0.717) is 5.52 Å². The van der Waals surface area contributed by atoms with Crippen molar-refractivity contribution < 1.29 is 5.11 Å². The van der Waals surface area contributed by atoms with Gasteiger partial charge in [0.05, 0.1) is 0 Å². The van der Waals surface area contributed by atoms with Crippen molar-refractivity contribution in [3.05, 3.63) is 23.4 Å². The highest BCUT2D eigenvalue weighted by Gasteiger charge is 2.07. The number of hydrogen-bond acceptors (Lipinski definition) is 2. The molecule has 0 radical (unpaired) electrons. The highest BCUT2D eigenvalue weighted by Crippen LogP contribution is 2.26. The van der Waals surface area contributed by atoms with Crippen molar-refractivity contribution in [1.29, 1.82) is 0 Å². The van der Waals surface area contributed by atoms with E-state index in [1.807, 2.05) is 19.9 Å². The van der Waals surface area contributed by atoms with Crippen molar-refractivity contribution >= 4 is 10.9 Å². The Morgan fingerprint density at radius 3 is 2.75 bits per heavy atom. The maximum atomic E-state index is 9.43. The molecular weight excluding hydrogens is 152 g/mol. The third-order valence-corrected chi connectivity index (χ3v) is 2.08. The molecule has 1 heterocycles. The van der Waals surface area contributed by atoms with Gasteiger partial charge in [0.15, 0.2) is 0 Å². The molecule has 0 atom stereocenters. The van der Waals surface area contributed by atoms with Crippen LogP contribution in [0.5, 0.6) is 5.75 Å². The van der Waals surface area contributed by atoms with E-state index in [4.69, 9.17) is 0 Å². The number of nitrogens with one attached hydrogen (secondary N) is 1. The van der Waals surface area contributed by atoms with Crippen molar-refractivity contribution in [2.24, 2.45) is 0 Å². The molecule has 0 aliphatic carbocycles. The normalized spacial score (nSPS) is 10.8. The lowest BCUT2D eigenvalue weighted by Crippen LogP contribution is -1.77. The first-order valence-electron chi connectivity index (χ1n) is 3.83. The standard InChI is InChI=1S/C9H10N2O/c1-5-3-4-7(12)9-8(5)6(2)10-11-9/h3-4,12H,1-2H3,(H,10,11). The molecule has 1 aromatic heterocycles. The molecule has 0 amide bonds. The van der Waals surface area contributed by atoms with Crippen LogP contribution < -0.4 is 0 Å². The van der Waals surface area contributed by atoms with Gasteiger partial charge in [-0.2, -0.15) is 5.10 Å². The van der Waals surface area contributed by atoms with E-state index in [-0.39, 0.29) is 5.75 Å². The van der Waals surface area contributed by atoms with Crippen molar-refractivity contribution in [2.45, 2.75) is 13.8 Å². The molecule has 3 nitrogen and oxygen atoms in total. The van der Waals surface area contributed by atoms with Gasteiger partial charge in [-0.3, -0.25) is 5.10 Å². The number of phenolic OH excluding ortho intramolecular Hbond substituents is 1. The van der Waals surface area contributed by atoms with Crippen LogP contribution in [0.15, 0.2) is 12.1 Å². The second-order valence-corrected chi connectivity index (χ2v) is 2.97. The zero-order valence-corrected chi connectivity index (χ0v) is 7.05. The van der Waals surface area contributed by atoms with E-state index < -0.39 is 0 Å². The molecule has 0 spiro atoms. The van der Waals surface area contributed by atoms with E-state index >= 15 is 0 Å². The van der Waals surface area contributed by atoms with E-state index in [9.17, 15) is 5.11 Å². The second-order valence-electron chi connectivity index (χ2n) is 2.97. The molecule has 0 saturated carbocycles. The number of benzene rings is 1. The first-order valence-corrected chi connectivity index (χ1v) is 3.83. The summed E-state index contributed by atoms with van der Waals surface area (Å²) < 4.78 is 0. The molecule has 0 saturated heterocycles. The lowest BCUT2D eigenvalue weighted by Gasteiger charge is -1.97. The third kappa shape index (κ3) is 0.794. The van der Waals surface area contributed by atoms with E-state index in [2.05, 4.69) is 10.2 Å².